The Balaban J connectivity index is 1.00. The number of piperazine rings is 1. The van der Waals surface area contributed by atoms with E-state index in [0.29, 0.717) is 48.7 Å². The van der Waals surface area contributed by atoms with Gasteiger partial charge in [-0.25, -0.2) is 4.39 Å². The molecule has 3 aromatic carbocycles. The normalized spacial score (nSPS) is 21.6. The van der Waals surface area contributed by atoms with Crippen molar-refractivity contribution in [2.75, 3.05) is 37.6 Å². The van der Waals surface area contributed by atoms with E-state index in [1.165, 1.54) is 22.1 Å². The first-order valence-electron chi connectivity index (χ1n) is 15.3. The zero-order valence-corrected chi connectivity index (χ0v) is 24.7. The van der Waals surface area contributed by atoms with Crippen LogP contribution in [-0.4, -0.2) is 66.3 Å². The van der Waals surface area contributed by atoms with Gasteiger partial charge in [-0.05, 0) is 53.4 Å². The smallest absolute Gasteiger partial charge is 0.255 e. The fourth-order valence-corrected chi connectivity index (χ4v) is 6.97. The zero-order chi connectivity index (χ0) is 31.1. The maximum atomic E-state index is 14.6. The fraction of sp³-hybridized carbons (Fsp3) is 0.353. The van der Waals surface area contributed by atoms with Gasteiger partial charge in [-0.3, -0.25) is 24.6 Å². The number of halogens is 1. The van der Waals surface area contributed by atoms with Crippen LogP contribution in [0.5, 0.6) is 5.75 Å². The number of nitriles is 1. The molecule has 2 fully saturated rings. The first kappa shape index (κ1) is 29.0. The van der Waals surface area contributed by atoms with Crippen molar-refractivity contribution in [2.24, 2.45) is 0 Å². The predicted octanol–water partition coefficient (Wildman–Crippen LogP) is 3.00. The summed E-state index contributed by atoms with van der Waals surface area (Å²) in [6, 6.07) is 18.0. The Bertz CT molecular complexity index is 1730. The zero-order valence-electron chi connectivity index (χ0n) is 24.7. The molecular formula is C34H33FN6O4. The summed E-state index contributed by atoms with van der Waals surface area (Å²) in [5, 5.41) is 14.9. The van der Waals surface area contributed by atoms with Crippen molar-refractivity contribution in [1.29, 1.82) is 5.26 Å². The number of anilines is 1. The van der Waals surface area contributed by atoms with E-state index in [0.717, 1.165) is 37.3 Å². The highest BCUT2D eigenvalue weighted by Gasteiger charge is 2.40. The molecule has 2 atom stereocenters. The number of carbonyl (C=O) groups excluding carboxylic acids is 3. The van der Waals surface area contributed by atoms with Gasteiger partial charge >= 0.3 is 0 Å². The molecule has 0 radical (unpaired) electrons. The summed E-state index contributed by atoms with van der Waals surface area (Å²) in [5.74, 6) is -0.715. The van der Waals surface area contributed by atoms with Crippen LogP contribution in [0.4, 0.5) is 10.1 Å². The molecule has 45 heavy (non-hydrogen) atoms. The van der Waals surface area contributed by atoms with E-state index in [9.17, 15) is 18.8 Å². The summed E-state index contributed by atoms with van der Waals surface area (Å²) in [5.41, 5.74) is 5.65. The minimum Gasteiger partial charge on any atom is -0.489 e. The molecule has 0 aliphatic carbocycles. The van der Waals surface area contributed by atoms with Gasteiger partial charge in [0.15, 0.2) is 0 Å². The van der Waals surface area contributed by atoms with E-state index in [-0.39, 0.29) is 36.6 Å². The monoisotopic (exact) mass is 608 g/mol. The molecule has 3 aromatic rings. The highest BCUT2D eigenvalue weighted by molar-refractivity contribution is 6.05. The number of carbonyl (C=O) groups is 3. The van der Waals surface area contributed by atoms with Gasteiger partial charge in [0.1, 0.15) is 24.2 Å². The van der Waals surface area contributed by atoms with Crippen molar-refractivity contribution in [1.82, 2.24) is 20.4 Å². The lowest BCUT2D eigenvalue weighted by Crippen LogP contribution is -2.52. The largest absolute Gasteiger partial charge is 0.489 e. The van der Waals surface area contributed by atoms with Crippen LogP contribution < -0.4 is 20.3 Å². The number of benzene rings is 3. The predicted molar refractivity (Wildman–Crippen MR) is 163 cm³/mol. The number of rotatable bonds is 6. The topological polar surface area (TPSA) is 118 Å². The minimum absolute atomic E-state index is 0.207. The van der Waals surface area contributed by atoms with Gasteiger partial charge in [0.25, 0.3) is 5.91 Å². The standard InChI is InChI=1S/C34H33FN6O4/c35-27-15-21(16-36)5-7-28(27)39-10-12-40(13-11-39)30-18-37-17-23-14-22(4-6-24(23)30)20-45-31-3-1-2-25-26(31)19-41(34(25)44)29-8-9-32(42)38-33(29)43/h1-7,14-15,29-30,37H,8-13,17-20H2,(H,38,42,43)/t29-,30+/m0/s1. The van der Waals surface area contributed by atoms with Crippen molar-refractivity contribution < 1.29 is 23.5 Å². The molecule has 4 aliphatic rings. The summed E-state index contributed by atoms with van der Waals surface area (Å²) in [7, 11) is 0. The number of amides is 3. The number of nitrogens with one attached hydrogen (secondary N) is 2. The highest BCUT2D eigenvalue weighted by atomic mass is 19.1. The molecule has 0 unspecified atom stereocenters. The fourth-order valence-electron chi connectivity index (χ4n) is 6.97. The van der Waals surface area contributed by atoms with E-state index in [4.69, 9.17) is 10.00 Å². The molecule has 0 saturated carbocycles. The van der Waals surface area contributed by atoms with Crippen molar-refractivity contribution in [2.45, 2.75) is 44.6 Å². The molecular weight excluding hydrogens is 575 g/mol. The lowest BCUT2D eigenvalue weighted by atomic mass is 9.93. The third-order valence-corrected chi connectivity index (χ3v) is 9.33. The Hall–Kier alpha value is -4.79. The number of hydrogen-bond donors (Lipinski definition) is 2. The Morgan fingerprint density at radius 3 is 2.62 bits per heavy atom. The summed E-state index contributed by atoms with van der Waals surface area (Å²) in [6.45, 7) is 5.17. The van der Waals surface area contributed by atoms with Crippen molar-refractivity contribution in [3.8, 4) is 11.8 Å². The van der Waals surface area contributed by atoms with Crippen LogP contribution in [0.3, 0.4) is 0 Å². The van der Waals surface area contributed by atoms with Crippen LogP contribution in [0.15, 0.2) is 54.6 Å². The first-order chi connectivity index (χ1) is 21.9. The van der Waals surface area contributed by atoms with Gasteiger partial charge < -0.3 is 19.9 Å². The summed E-state index contributed by atoms with van der Waals surface area (Å²) in [4.78, 5) is 43.2. The van der Waals surface area contributed by atoms with Crippen LogP contribution in [0, 0.1) is 17.1 Å². The Kier molecular flexibility index (Phi) is 7.69. The van der Waals surface area contributed by atoms with Crippen molar-refractivity contribution >= 4 is 23.4 Å². The lowest BCUT2D eigenvalue weighted by molar-refractivity contribution is -0.136. The molecule has 4 heterocycles. The third kappa shape index (κ3) is 5.52. The second-order valence-electron chi connectivity index (χ2n) is 12.0. The molecule has 2 saturated heterocycles. The van der Waals surface area contributed by atoms with Crippen molar-refractivity contribution in [3.63, 3.8) is 0 Å². The molecule has 3 amide bonds. The van der Waals surface area contributed by atoms with E-state index >= 15 is 0 Å². The maximum Gasteiger partial charge on any atom is 0.255 e. The van der Waals surface area contributed by atoms with Gasteiger partial charge in [0.05, 0.1) is 23.9 Å². The third-order valence-electron chi connectivity index (χ3n) is 9.33. The van der Waals surface area contributed by atoms with Gasteiger partial charge in [-0.1, -0.05) is 24.3 Å². The SMILES string of the molecule is N#Cc1ccc(N2CCN([C@@H]3CNCc4cc(COc5cccc6c5CN([C@H]5CCC(=O)NC5=O)C6=O)ccc43)CC2)c(F)c1. The molecule has 7 rings (SSSR count). The molecule has 10 nitrogen and oxygen atoms in total. The van der Waals surface area contributed by atoms with Gasteiger partial charge in [0, 0.05) is 62.9 Å². The van der Waals surface area contributed by atoms with Gasteiger partial charge in [-0.2, -0.15) is 5.26 Å². The molecule has 0 spiro atoms. The Morgan fingerprint density at radius 2 is 1.84 bits per heavy atom. The number of nitrogens with zero attached hydrogens (tertiary/aromatic N) is 4. The first-order valence-corrected chi connectivity index (χ1v) is 15.3. The molecule has 4 aliphatic heterocycles. The number of imide groups is 1. The molecule has 2 N–H and O–H groups in total. The maximum absolute atomic E-state index is 14.6. The molecule has 11 heteroatoms. The molecule has 0 bridgehead atoms. The van der Waals surface area contributed by atoms with E-state index in [2.05, 4.69) is 33.7 Å². The van der Waals surface area contributed by atoms with E-state index in [1.54, 1.807) is 24.3 Å². The van der Waals surface area contributed by atoms with Crippen LogP contribution in [0.25, 0.3) is 0 Å². The lowest BCUT2D eigenvalue weighted by Gasteiger charge is -2.42. The summed E-state index contributed by atoms with van der Waals surface area (Å²) < 4.78 is 20.9. The van der Waals surface area contributed by atoms with Crippen molar-refractivity contribution in [3.05, 3.63) is 93.8 Å². The second kappa shape index (κ2) is 12.0. The summed E-state index contributed by atoms with van der Waals surface area (Å²) >= 11 is 0. The van der Waals surface area contributed by atoms with Crippen LogP contribution >= 0.6 is 0 Å². The summed E-state index contributed by atoms with van der Waals surface area (Å²) in [6.07, 6.45) is 0.527. The second-order valence-corrected chi connectivity index (χ2v) is 12.0. The minimum atomic E-state index is -0.670. The number of hydrogen-bond acceptors (Lipinski definition) is 8. The molecule has 230 valence electrons. The highest BCUT2D eigenvalue weighted by Crippen LogP contribution is 2.35. The average Bonchev–Trinajstić information content (AvgIpc) is 3.39. The van der Waals surface area contributed by atoms with Crippen LogP contribution in [0.2, 0.25) is 0 Å². The Labute approximate surface area is 260 Å². The average molecular weight is 609 g/mol. The Morgan fingerprint density at radius 1 is 1.00 bits per heavy atom. The number of ether oxygens (including phenoxy) is 1. The van der Waals surface area contributed by atoms with Crippen LogP contribution in [0.1, 0.15) is 57.1 Å². The van der Waals surface area contributed by atoms with E-state index < -0.39 is 11.9 Å². The number of piperidine rings is 1. The molecule has 0 aromatic heterocycles. The van der Waals surface area contributed by atoms with E-state index in [1.807, 2.05) is 17.0 Å². The van der Waals surface area contributed by atoms with Gasteiger partial charge in [0.2, 0.25) is 11.8 Å². The quantitative estimate of drug-likeness (QED) is 0.411. The van der Waals surface area contributed by atoms with Gasteiger partial charge in [-0.15, -0.1) is 0 Å². The number of fused-ring (bicyclic) bond motifs is 2. The van der Waals surface area contributed by atoms with Crippen LogP contribution in [-0.2, 0) is 29.3 Å².